The minimum absolute atomic E-state index is 0. The molecule has 0 aliphatic rings. The summed E-state index contributed by atoms with van der Waals surface area (Å²) >= 11 is 6.96. The van der Waals surface area contributed by atoms with Crippen molar-refractivity contribution in [2.45, 2.75) is 9.16 Å². The number of nitrogens with zero attached hydrogens (tertiary/aromatic N) is 6. The fourth-order valence-corrected chi connectivity index (χ4v) is 1.74. The summed E-state index contributed by atoms with van der Waals surface area (Å²) in [5, 5.41) is 23.3. The molecule has 24 heavy (non-hydrogen) atoms. The minimum atomic E-state index is -4.50. The fraction of sp³-hybridized carbons (Fsp3) is 0.500. The van der Waals surface area contributed by atoms with Gasteiger partial charge in [-0.3, -0.25) is 0 Å². The molecule has 2 aromatic rings. The zero-order chi connectivity index (χ0) is 17.0. The molecule has 0 aromatic carbocycles. The number of hydrogen-bond acceptors (Lipinski definition) is 14. The zero-order valence-electron chi connectivity index (χ0n) is 12.0. The van der Waals surface area contributed by atoms with Crippen LogP contribution in [0.1, 0.15) is 20.8 Å². The van der Waals surface area contributed by atoms with E-state index in [1.807, 2.05) is 10.4 Å². The van der Waals surface area contributed by atoms with E-state index in [0.717, 1.165) is 0 Å². The Hall–Kier alpha value is 0.660. The smallest absolute Gasteiger partial charge is 0.747 e. The van der Waals surface area contributed by atoms with Crippen molar-refractivity contribution in [2.75, 3.05) is 0 Å². The van der Waals surface area contributed by atoms with Gasteiger partial charge in [-0.05, 0) is 0 Å². The van der Waals surface area contributed by atoms with Crippen LogP contribution in [0.4, 0.5) is 0 Å². The Morgan fingerprint density at radius 1 is 0.792 bits per heavy atom. The zero-order valence-corrected chi connectivity index (χ0v) is 19.4. The predicted octanol–water partition coefficient (Wildman–Crippen LogP) is -8.65. The first-order chi connectivity index (χ1) is 10.0. The van der Waals surface area contributed by atoms with Gasteiger partial charge in [-0.1, -0.05) is 10.4 Å². The van der Waals surface area contributed by atoms with Gasteiger partial charge in [0.15, 0.2) is 9.16 Å². The summed E-state index contributed by atoms with van der Waals surface area (Å²) in [5.41, 5.74) is 0. The molecule has 0 saturated heterocycles. The van der Waals surface area contributed by atoms with Gasteiger partial charge in [0.25, 0.3) is 0 Å². The molecular formula is C4H6N8Na2O6S4. The molecule has 0 saturated carbocycles. The molecule has 2 unspecified atom stereocenters. The fourth-order valence-electron chi connectivity index (χ4n) is 0.806. The van der Waals surface area contributed by atoms with Crippen molar-refractivity contribution in [1.82, 2.24) is 41.2 Å². The van der Waals surface area contributed by atoms with Crippen LogP contribution in [0.15, 0.2) is 0 Å². The average Bonchev–Trinajstić information content (AvgIpc) is 3.08. The SMILES string of the molecule is O=S(=O)([O-])C(S)c1nn[nH]n1.O=S(=O)([O-])C(S)c1nn[nH]n1.[Na+].[Na+]. The van der Waals surface area contributed by atoms with Crippen LogP contribution >= 0.6 is 25.3 Å². The van der Waals surface area contributed by atoms with Crippen LogP contribution in [0, 0.1) is 0 Å². The van der Waals surface area contributed by atoms with E-state index in [2.05, 4.69) is 56.1 Å². The average molecular weight is 436 g/mol. The van der Waals surface area contributed by atoms with Crippen molar-refractivity contribution in [2.24, 2.45) is 0 Å². The van der Waals surface area contributed by atoms with E-state index in [-0.39, 0.29) is 70.8 Å². The topological polar surface area (TPSA) is 223 Å². The molecule has 124 valence electrons. The number of rotatable bonds is 4. The standard InChI is InChI=1S/2C2H4N4O3S2.2Na/c2*7-11(8,9)2(10)1-3-5-6-4-1;;/h2*2,10H,(H,7,8,9)(H,3,4,5,6);;/q;;2*+1/p-2. The summed E-state index contributed by atoms with van der Waals surface area (Å²) < 4.78 is 58.5. The van der Waals surface area contributed by atoms with E-state index in [9.17, 15) is 25.9 Å². The van der Waals surface area contributed by atoms with Gasteiger partial charge in [0.2, 0.25) is 11.6 Å². The van der Waals surface area contributed by atoms with Gasteiger partial charge in [-0.2, -0.15) is 35.7 Å². The summed E-state index contributed by atoms with van der Waals surface area (Å²) in [4.78, 5) is 0. The van der Waals surface area contributed by atoms with Crippen molar-refractivity contribution in [3.05, 3.63) is 11.6 Å². The molecule has 0 aliphatic carbocycles. The van der Waals surface area contributed by atoms with Crippen molar-refractivity contribution in [3.8, 4) is 0 Å². The third-order valence-electron chi connectivity index (χ3n) is 1.71. The van der Waals surface area contributed by atoms with Gasteiger partial charge in [0, 0.05) is 0 Å². The first-order valence-electron chi connectivity index (χ1n) is 4.75. The monoisotopic (exact) mass is 436 g/mol. The maximum Gasteiger partial charge on any atom is 1.00 e. The number of aromatic amines is 2. The number of hydrogen-bond donors (Lipinski definition) is 4. The third-order valence-corrected chi connectivity index (χ3v) is 5.24. The molecule has 0 fully saturated rings. The molecule has 20 heteroatoms. The third kappa shape index (κ3) is 8.85. The van der Waals surface area contributed by atoms with Crippen LogP contribution in [0.25, 0.3) is 0 Å². The van der Waals surface area contributed by atoms with Crippen molar-refractivity contribution >= 4 is 45.5 Å². The largest absolute Gasteiger partial charge is 1.00 e. The first-order valence-corrected chi connectivity index (χ1v) is 8.73. The van der Waals surface area contributed by atoms with Crippen molar-refractivity contribution < 1.29 is 85.1 Å². The Morgan fingerprint density at radius 2 is 1.08 bits per heavy atom. The van der Waals surface area contributed by atoms with Crippen LogP contribution in [0.3, 0.4) is 0 Å². The maximum absolute atomic E-state index is 10.3. The van der Waals surface area contributed by atoms with Crippen LogP contribution in [-0.2, 0) is 20.2 Å². The van der Waals surface area contributed by atoms with E-state index in [4.69, 9.17) is 0 Å². The molecule has 14 nitrogen and oxygen atoms in total. The molecule has 0 aliphatic heterocycles. The second-order valence-electron chi connectivity index (χ2n) is 3.23. The Bertz CT molecular complexity index is 712. The van der Waals surface area contributed by atoms with Gasteiger partial charge >= 0.3 is 59.1 Å². The summed E-state index contributed by atoms with van der Waals surface area (Å²) in [6, 6.07) is 0. The van der Waals surface area contributed by atoms with Crippen LogP contribution in [0.2, 0.25) is 0 Å². The van der Waals surface area contributed by atoms with Crippen LogP contribution < -0.4 is 59.1 Å². The summed E-state index contributed by atoms with van der Waals surface area (Å²) in [5.74, 6) is -0.494. The predicted molar refractivity (Wildman–Crippen MR) is 71.2 cm³/mol. The Morgan fingerprint density at radius 3 is 1.25 bits per heavy atom. The molecule has 2 aromatic heterocycles. The van der Waals surface area contributed by atoms with E-state index < -0.39 is 29.4 Å². The minimum Gasteiger partial charge on any atom is -0.747 e. The van der Waals surface area contributed by atoms with Crippen molar-refractivity contribution in [1.29, 1.82) is 0 Å². The van der Waals surface area contributed by atoms with Gasteiger partial charge < -0.3 is 9.11 Å². The Balaban J connectivity index is 0. The van der Waals surface area contributed by atoms with Gasteiger partial charge in [-0.25, -0.2) is 16.8 Å². The van der Waals surface area contributed by atoms with Gasteiger partial charge in [0.1, 0.15) is 20.2 Å². The Kier molecular flexibility index (Phi) is 12.8. The van der Waals surface area contributed by atoms with E-state index in [0.29, 0.717) is 0 Å². The number of nitrogens with one attached hydrogen (secondary N) is 2. The number of aromatic nitrogens is 8. The van der Waals surface area contributed by atoms with Crippen LogP contribution in [-0.4, -0.2) is 67.2 Å². The molecule has 0 radical (unpaired) electrons. The van der Waals surface area contributed by atoms with Gasteiger partial charge in [0.05, 0.1) is 0 Å². The number of tetrazole rings is 2. The summed E-state index contributed by atoms with van der Waals surface area (Å²) in [7, 11) is -8.99. The van der Waals surface area contributed by atoms with E-state index >= 15 is 0 Å². The van der Waals surface area contributed by atoms with E-state index in [1.165, 1.54) is 0 Å². The second-order valence-corrected chi connectivity index (χ2v) is 7.88. The molecule has 2 heterocycles. The second kappa shape index (κ2) is 11.4. The quantitative estimate of drug-likeness (QED) is 0.199. The summed E-state index contributed by atoms with van der Waals surface area (Å²) in [6.07, 6.45) is 0. The number of thiol groups is 2. The number of H-pyrrole nitrogens is 2. The molecule has 2 atom stereocenters. The first kappa shape index (κ1) is 26.9. The van der Waals surface area contributed by atoms with Crippen LogP contribution in [0.5, 0.6) is 0 Å². The van der Waals surface area contributed by atoms with Crippen molar-refractivity contribution in [3.63, 3.8) is 0 Å². The normalized spacial score (nSPS) is 13.5. The molecular weight excluding hydrogens is 430 g/mol. The molecule has 0 bridgehead atoms. The summed E-state index contributed by atoms with van der Waals surface area (Å²) in [6.45, 7) is 0. The maximum atomic E-state index is 10.3. The molecule has 0 amide bonds. The molecule has 0 spiro atoms. The molecule has 2 N–H and O–H groups in total. The van der Waals surface area contributed by atoms with E-state index in [1.54, 1.807) is 0 Å². The molecule has 2 rings (SSSR count). The van der Waals surface area contributed by atoms with Gasteiger partial charge in [-0.15, -0.1) is 20.4 Å². The Labute approximate surface area is 190 Å².